The Morgan fingerprint density at radius 2 is 2.31 bits per heavy atom. The maximum absolute atomic E-state index is 6.06. The molecule has 0 spiro atoms. The lowest BCUT2D eigenvalue weighted by Crippen LogP contribution is -2.33. The van der Waals surface area contributed by atoms with Crippen molar-refractivity contribution >= 4 is 11.6 Å². The summed E-state index contributed by atoms with van der Waals surface area (Å²) >= 11 is 6.06. The number of rotatable bonds is 2. The molecule has 16 heavy (non-hydrogen) atoms. The summed E-state index contributed by atoms with van der Waals surface area (Å²) in [5, 5.41) is 4.00. The van der Waals surface area contributed by atoms with Crippen molar-refractivity contribution in [2.45, 2.75) is 13.0 Å². The lowest BCUT2D eigenvalue weighted by molar-refractivity contribution is 0.0272. The fourth-order valence-corrected chi connectivity index (χ4v) is 2.20. The van der Waals surface area contributed by atoms with Crippen LogP contribution in [-0.2, 0) is 4.74 Å². The van der Waals surface area contributed by atoms with Crippen LogP contribution in [-0.4, -0.2) is 26.8 Å². The van der Waals surface area contributed by atoms with E-state index in [4.69, 9.17) is 21.1 Å². The Hall–Kier alpha value is -0.770. The minimum absolute atomic E-state index is 0.0707. The Labute approximate surface area is 101 Å². The molecule has 4 heteroatoms. The van der Waals surface area contributed by atoms with E-state index in [2.05, 4.69) is 5.32 Å². The maximum atomic E-state index is 6.06. The fraction of sp³-hybridized carbons (Fsp3) is 0.500. The number of hydrogen-bond donors (Lipinski definition) is 1. The number of methoxy groups -OCH3 is 1. The lowest BCUT2D eigenvalue weighted by Gasteiger charge is -2.26. The molecule has 1 heterocycles. The highest BCUT2D eigenvalue weighted by atomic mass is 35.5. The second kappa shape index (κ2) is 5.04. The Bertz CT molecular complexity index is 376. The number of hydrogen-bond acceptors (Lipinski definition) is 3. The van der Waals surface area contributed by atoms with E-state index in [9.17, 15) is 0 Å². The Kier molecular flexibility index (Phi) is 3.69. The third-order valence-electron chi connectivity index (χ3n) is 2.86. The van der Waals surface area contributed by atoms with Crippen molar-refractivity contribution in [1.29, 1.82) is 0 Å². The normalized spacial score (nSPS) is 20.8. The minimum Gasteiger partial charge on any atom is -0.496 e. The van der Waals surface area contributed by atoms with E-state index in [-0.39, 0.29) is 6.10 Å². The molecular formula is C12H16ClNO2. The number of morpholine rings is 1. The van der Waals surface area contributed by atoms with Crippen LogP contribution in [0.1, 0.15) is 17.2 Å². The molecule has 0 aliphatic carbocycles. The van der Waals surface area contributed by atoms with E-state index in [1.807, 2.05) is 19.1 Å². The van der Waals surface area contributed by atoms with E-state index >= 15 is 0 Å². The van der Waals surface area contributed by atoms with E-state index in [1.165, 1.54) is 0 Å². The highest BCUT2D eigenvalue weighted by Crippen LogP contribution is 2.32. The van der Waals surface area contributed by atoms with Gasteiger partial charge in [-0.15, -0.1) is 0 Å². The van der Waals surface area contributed by atoms with Crippen LogP contribution >= 0.6 is 11.6 Å². The van der Waals surface area contributed by atoms with Gasteiger partial charge in [0.05, 0.1) is 19.8 Å². The van der Waals surface area contributed by atoms with Gasteiger partial charge in [-0.2, -0.15) is 0 Å². The van der Waals surface area contributed by atoms with Crippen LogP contribution in [0.15, 0.2) is 12.1 Å². The molecule has 1 aliphatic rings. The quantitative estimate of drug-likeness (QED) is 0.862. The van der Waals surface area contributed by atoms with Crippen LogP contribution in [0.4, 0.5) is 0 Å². The molecule has 1 fully saturated rings. The molecule has 1 atom stereocenters. The van der Waals surface area contributed by atoms with Gasteiger partial charge < -0.3 is 14.8 Å². The van der Waals surface area contributed by atoms with Gasteiger partial charge in [0.1, 0.15) is 5.75 Å². The second-order valence-corrected chi connectivity index (χ2v) is 4.32. The van der Waals surface area contributed by atoms with Crippen molar-refractivity contribution in [3.05, 3.63) is 28.3 Å². The van der Waals surface area contributed by atoms with Crippen LogP contribution < -0.4 is 10.1 Å². The van der Waals surface area contributed by atoms with E-state index < -0.39 is 0 Å². The molecule has 88 valence electrons. The zero-order chi connectivity index (χ0) is 11.5. The summed E-state index contributed by atoms with van der Waals surface area (Å²) in [6.07, 6.45) is 0.0707. The zero-order valence-corrected chi connectivity index (χ0v) is 10.3. The molecule has 0 saturated carbocycles. The van der Waals surface area contributed by atoms with Gasteiger partial charge in [0.25, 0.3) is 0 Å². The monoisotopic (exact) mass is 241 g/mol. The molecule has 0 aromatic heterocycles. The number of nitrogens with one attached hydrogen (secondary N) is 1. The van der Waals surface area contributed by atoms with Gasteiger partial charge >= 0.3 is 0 Å². The third-order valence-corrected chi connectivity index (χ3v) is 3.08. The first-order chi connectivity index (χ1) is 7.72. The summed E-state index contributed by atoms with van der Waals surface area (Å²) in [7, 11) is 1.66. The van der Waals surface area contributed by atoms with Crippen LogP contribution in [0.2, 0.25) is 5.02 Å². The van der Waals surface area contributed by atoms with Crippen LogP contribution in [0.5, 0.6) is 5.75 Å². The highest BCUT2D eigenvalue weighted by Gasteiger charge is 2.19. The van der Waals surface area contributed by atoms with Crippen LogP contribution in [0.3, 0.4) is 0 Å². The van der Waals surface area contributed by atoms with Crippen molar-refractivity contribution in [3.8, 4) is 5.75 Å². The Balaban J connectivity index is 2.34. The summed E-state index contributed by atoms with van der Waals surface area (Å²) in [4.78, 5) is 0. The largest absolute Gasteiger partial charge is 0.496 e. The third kappa shape index (κ3) is 2.32. The Morgan fingerprint density at radius 1 is 1.50 bits per heavy atom. The molecular weight excluding hydrogens is 226 g/mol. The average molecular weight is 242 g/mol. The van der Waals surface area contributed by atoms with Gasteiger partial charge in [-0.3, -0.25) is 0 Å². The fourth-order valence-electron chi connectivity index (χ4n) is 1.99. The van der Waals surface area contributed by atoms with Crippen molar-refractivity contribution in [3.63, 3.8) is 0 Å². The smallest absolute Gasteiger partial charge is 0.123 e. The predicted molar refractivity (Wildman–Crippen MR) is 64.3 cm³/mol. The van der Waals surface area contributed by atoms with Crippen LogP contribution in [0.25, 0.3) is 0 Å². The summed E-state index contributed by atoms with van der Waals surface area (Å²) < 4.78 is 11.0. The highest BCUT2D eigenvalue weighted by molar-refractivity contribution is 6.30. The number of ether oxygens (including phenoxy) is 2. The molecule has 1 aromatic rings. The van der Waals surface area contributed by atoms with Crippen molar-refractivity contribution in [2.24, 2.45) is 0 Å². The molecule has 0 radical (unpaired) electrons. The van der Waals surface area contributed by atoms with Crippen molar-refractivity contribution in [2.75, 3.05) is 26.8 Å². The molecule has 1 unspecified atom stereocenters. The summed E-state index contributed by atoms with van der Waals surface area (Å²) in [5.41, 5.74) is 2.21. The van der Waals surface area contributed by atoms with Gasteiger partial charge in [-0.25, -0.2) is 0 Å². The van der Waals surface area contributed by atoms with Gasteiger partial charge in [-0.1, -0.05) is 11.6 Å². The Morgan fingerprint density at radius 3 is 2.94 bits per heavy atom. The molecule has 1 N–H and O–H groups in total. The predicted octanol–water partition coefficient (Wildman–Crippen LogP) is 2.32. The number of halogens is 1. The summed E-state index contributed by atoms with van der Waals surface area (Å²) in [6, 6.07) is 3.79. The molecule has 0 amide bonds. The van der Waals surface area contributed by atoms with Crippen LogP contribution in [0, 0.1) is 6.92 Å². The van der Waals surface area contributed by atoms with Crippen molar-refractivity contribution < 1.29 is 9.47 Å². The van der Waals surface area contributed by atoms with E-state index in [1.54, 1.807) is 7.11 Å². The summed E-state index contributed by atoms with van der Waals surface area (Å²) in [5.74, 6) is 0.816. The maximum Gasteiger partial charge on any atom is 0.123 e. The molecule has 0 bridgehead atoms. The standard InChI is InChI=1S/C12H16ClNO2/c1-8-10(12-7-14-3-4-16-12)5-9(13)6-11(8)15-2/h5-6,12,14H,3-4,7H2,1-2H3. The second-order valence-electron chi connectivity index (χ2n) is 3.89. The summed E-state index contributed by atoms with van der Waals surface area (Å²) in [6.45, 7) is 4.50. The minimum atomic E-state index is 0.0707. The van der Waals surface area contributed by atoms with Gasteiger partial charge in [0.2, 0.25) is 0 Å². The first kappa shape index (κ1) is 11.7. The molecule has 3 nitrogen and oxygen atoms in total. The van der Waals surface area contributed by atoms with E-state index in [0.29, 0.717) is 5.02 Å². The molecule has 1 saturated heterocycles. The molecule has 1 aromatic carbocycles. The number of benzene rings is 1. The molecule has 1 aliphatic heterocycles. The van der Waals surface area contributed by atoms with Crippen molar-refractivity contribution in [1.82, 2.24) is 5.32 Å². The topological polar surface area (TPSA) is 30.5 Å². The van der Waals surface area contributed by atoms with Gasteiger partial charge in [0.15, 0.2) is 0 Å². The van der Waals surface area contributed by atoms with Gasteiger partial charge in [0, 0.05) is 18.1 Å². The van der Waals surface area contributed by atoms with Gasteiger partial charge in [-0.05, 0) is 30.2 Å². The average Bonchev–Trinajstić information content (AvgIpc) is 2.33. The first-order valence-electron chi connectivity index (χ1n) is 5.38. The SMILES string of the molecule is COc1cc(Cl)cc(C2CNCCO2)c1C. The zero-order valence-electron chi connectivity index (χ0n) is 9.55. The van der Waals surface area contributed by atoms with E-state index in [0.717, 1.165) is 36.6 Å². The first-order valence-corrected chi connectivity index (χ1v) is 5.76. The lowest BCUT2D eigenvalue weighted by atomic mass is 10.0. The molecule has 2 rings (SSSR count).